The molecule has 0 unspecified atom stereocenters. The minimum Gasteiger partial charge on any atom is -0.463 e. The van der Waals surface area contributed by atoms with E-state index in [1.54, 1.807) is 13.8 Å². The van der Waals surface area contributed by atoms with Crippen LogP contribution in [0.3, 0.4) is 0 Å². The fourth-order valence-electron chi connectivity index (χ4n) is 1.06. The molecule has 0 radical (unpaired) electrons. The van der Waals surface area contributed by atoms with E-state index in [1.807, 2.05) is 13.8 Å². The van der Waals surface area contributed by atoms with Crippen molar-refractivity contribution in [1.29, 1.82) is 0 Å². The van der Waals surface area contributed by atoms with Crippen molar-refractivity contribution in [3.8, 4) is 0 Å². The summed E-state index contributed by atoms with van der Waals surface area (Å²) < 4.78 is 9.65. The van der Waals surface area contributed by atoms with Crippen LogP contribution in [0.25, 0.3) is 0 Å². The molecule has 5 heteroatoms. The van der Waals surface area contributed by atoms with Gasteiger partial charge >= 0.3 is 12.1 Å². The van der Waals surface area contributed by atoms with E-state index >= 15 is 0 Å². The summed E-state index contributed by atoms with van der Waals surface area (Å²) in [6, 6.07) is 0. The molecular weight excluding hydrogens is 210 g/mol. The molecule has 5 nitrogen and oxygen atoms in total. The lowest BCUT2D eigenvalue weighted by Gasteiger charge is -2.17. The van der Waals surface area contributed by atoms with E-state index in [4.69, 9.17) is 4.74 Å². The van der Waals surface area contributed by atoms with E-state index in [9.17, 15) is 9.59 Å². The summed E-state index contributed by atoms with van der Waals surface area (Å²) in [4.78, 5) is 24.0. The molecule has 0 spiro atoms. The molecule has 0 bridgehead atoms. The Morgan fingerprint density at radius 1 is 1.19 bits per heavy atom. The van der Waals surface area contributed by atoms with E-state index in [1.165, 1.54) is 4.90 Å². The van der Waals surface area contributed by atoms with Crippen LogP contribution in [0.5, 0.6) is 0 Å². The van der Waals surface area contributed by atoms with Gasteiger partial charge in [-0.3, -0.25) is 0 Å². The molecular formula is C11H19NO4. The van der Waals surface area contributed by atoms with Gasteiger partial charge in [0.25, 0.3) is 0 Å². The average molecular weight is 229 g/mol. The molecule has 0 saturated carbocycles. The van der Waals surface area contributed by atoms with Crippen LogP contribution in [-0.4, -0.2) is 36.7 Å². The minimum absolute atomic E-state index is 0.232. The number of rotatable bonds is 5. The number of nitrogens with zero attached hydrogens (tertiary/aromatic N) is 1. The van der Waals surface area contributed by atoms with E-state index in [0.717, 1.165) is 6.08 Å². The summed E-state index contributed by atoms with van der Waals surface area (Å²) >= 11 is 0. The summed E-state index contributed by atoms with van der Waals surface area (Å²) in [5.41, 5.74) is 0. The van der Waals surface area contributed by atoms with Gasteiger partial charge in [0.05, 0.1) is 12.7 Å². The molecule has 0 rings (SSSR count). The quantitative estimate of drug-likeness (QED) is 0.410. The number of allylic oxidation sites excluding steroid dienone is 1. The topological polar surface area (TPSA) is 55.8 Å². The molecule has 0 saturated heterocycles. The maximum absolute atomic E-state index is 11.5. The van der Waals surface area contributed by atoms with E-state index in [0.29, 0.717) is 19.7 Å². The number of hydrogen-bond acceptors (Lipinski definition) is 4. The van der Waals surface area contributed by atoms with Crippen LogP contribution in [0.4, 0.5) is 4.79 Å². The van der Waals surface area contributed by atoms with Crippen molar-refractivity contribution in [2.75, 3.05) is 19.7 Å². The Labute approximate surface area is 96.0 Å². The minimum atomic E-state index is -0.507. The van der Waals surface area contributed by atoms with E-state index in [-0.39, 0.29) is 5.76 Å². The van der Waals surface area contributed by atoms with E-state index in [2.05, 4.69) is 4.74 Å². The molecule has 0 aliphatic carbocycles. The second-order valence-electron chi connectivity index (χ2n) is 3.05. The van der Waals surface area contributed by atoms with Crippen molar-refractivity contribution in [3.63, 3.8) is 0 Å². The van der Waals surface area contributed by atoms with Gasteiger partial charge in [-0.05, 0) is 27.7 Å². The zero-order valence-corrected chi connectivity index (χ0v) is 10.3. The van der Waals surface area contributed by atoms with Crippen LogP contribution in [-0.2, 0) is 14.3 Å². The smallest absolute Gasteiger partial charge is 0.414 e. The van der Waals surface area contributed by atoms with Crippen molar-refractivity contribution in [3.05, 3.63) is 11.8 Å². The standard InChI is InChI=1S/C11H19NO4/c1-5-12(6-2)11(14)16-9(4)8-10(13)15-7-3/h8H,5-7H2,1-4H3/b9-8+. The Morgan fingerprint density at radius 3 is 2.19 bits per heavy atom. The second kappa shape index (κ2) is 7.73. The number of esters is 1. The highest BCUT2D eigenvalue weighted by Crippen LogP contribution is 2.02. The first-order chi connectivity index (χ1) is 7.54. The molecule has 0 atom stereocenters. The zero-order valence-electron chi connectivity index (χ0n) is 10.3. The van der Waals surface area contributed by atoms with Gasteiger partial charge in [0, 0.05) is 13.1 Å². The van der Waals surface area contributed by atoms with Crippen molar-refractivity contribution in [2.45, 2.75) is 27.7 Å². The monoisotopic (exact) mass is 229 g/mol. The first kappa shape index (κ1) is 14.5. The van der Waals surface area contributed by atoms with Gasteiger partial charge in [-0.15, -0.1) is 0 Å². The fourth-order valence-corrected chi connectivity index (χ4v) is 1.06. The Hall–Kier alpha value is -1.52. The van der Waals surface area contributed by atoms with Crippen molar-refractivity contribution in [1.82, 2.24) is 4.90 Å². The Balaban J connectivity index is 4.27. The summed E-state index contributed by atoms with van der Waals surface area (Å²) in [6.07, 6.45) is 0.702. The molecule has 0 aromatic carbocycles. The number of ether oxygens (including phenoxy) is 2. The molecule has 0 aliphatic rings. The highest BCUT2D eigenvalue weighted by Gasteiger charge is 2.12. The maximum atomic E-state index is 11.5. The van der Waals surface area contributed by atoms with Crippen LogP contribution in [0.1, 0.15) is 27.7 Å². The van der Waals surface area contributed by atoms with Crippen molar-refractivity contribution >= 4 is 12.1 Å². The molecule has 0 aromatic rings. The van der Waals surface area contributed by atoms with Crippen molar-refractivity contribution in [2.24, 2.45) is 0 Å². The molecule has 0 aliphatic heterocycles. The Morgan fingerprint density at radius 2 is 1.75 bits per heavy atom. The third-order valence-electron chi connectivity index (χ3n) is 1.88. The van der Waals surface area contributed by atoms with Gasteiger partial charge in [0.15, 0.2) is 0 Å². The largest absolute Gasteiger partial charge is 0.463 e. The second-order valence-corrected chi connectivity index (χ2v) is 3.05. The van der Waals surface area contributed by atoms with Crippen molar-refractivity contribution < 1.29 is 19.1 Å². The SMILES string of the molecule is CCOC(=O)/C=C(\C)OC(=O)N(CC)CC. The molecule has 0 aromatic heterocycles. The summed E-state index contributed by atoms with van der Waals surface area (Å²) in [6.45, 7) is 8.41. The molecule has 1 amide bonds. The van der Waals surface area contributed by atoms with Crippen LogP contribution < -0.4 is 0 Å². The Kier molecular flexibility index (Phi) is 7.00. The molecule has 0 heterocycles. The molecule has 0 fully saturated rings. The maximum Gasteiger partial charge on any atom is 0.414 e. The van der Waals surface area contributed by atoms with Gasteiger partial charge in [-0.2, -0.15) is 0 Å². The van der Waals surface area contributed by atoms with Gasteiger partial charge in [-0.25, -0.2) is 9.59 Å². The van der Waals surface area contributed by atoms with Crippen LogP contribution in [0, 0.1) is 0 Å². The summed E-state index contributed by atoms with van der Waals surface area (Å²) in [5, 5.41) is 0. The summed E-state index contributed by atoms with van der Waals surface area (Å²) in [5.74, 6) is -0.275. The number of amides is 1. The normalized spacial score (nSPS) is 10.9. The molecule has 16 heavy (non-hydrogen) atoms. The third-order valence-corrected chi connectivity index (χ3v) is 1.88. The third kappa shape index (κ3) is 5.38. The zero-order chi connectivity index (χ0) is 12.6. The summed E-state index contributed by atoms with van der Waals surface area (Å²) in [7, 11) is 0. The lowest BCUT2D eigenvalue weighted by molar-refractivity contribution is -0.137. The lowest BCUT2D eigenvalue weighted by atomic mass is 10.5. The number of carbonyl (C=O) groups is 2. The number of hydrogen-bond donors (Lipinski definition) is 0. The lowest BCUT2D eigenvalue weighted by Crippen LogP contribution is -2.30. The fraction of sp³-hybridized carbons (Fsp3) is 0.636. The predicted octanol–water partition coefficient (Wildman–Crippen LogP) is 1.93. The average Bonchev–Trinajstić information content (AvgIpc) is 2.19. The highest BCUT2D eigenvalue weighted by atomic mass is 16.6. The van der Waals surface area contributed by atoms with Crippen LogP contribution in [0.15, 0.2) is 11.8 Å². The number of carbonyl (C=O) groups excluding carboxylic acids is 2. The molecule has 0 N–H and O–H groups in total. The first-order valence-corrected chi connectivity index (χ1v) is 5.36. The Bertz CT molecular complexity index is 269. The van der Waals surface area contributed by atoms with Gasteiger partial charge in [0.2, 0.25) is 0 Å². The highest BCUT2D eigenvalue weighted by molar-refractivity contribution is 5.83. The van der Waals surface area contributed by atoms with Gasteiger partial charge in [-0.1, -0.05) is 0 Å². The molecule has 92 valence electrons. The first-order valence-electron chi connectivity index (χ1n) is 5.36. The van der Waals surface area contributed by atoms with Crippen LogP contribution in [0.2, 0.25) is 0 Å². The van der Waals surface area contributed by atoms with Gasteiger partial charge in [0.1, 0.15) is 5.76 Å². The predicted molar refractivity (Wildman–Crippen MR) is 59.8 cm³/mol. The van der Waals surface area contributed by atoms with Gasteiger partial charge < -0.3 is 14.4 Å². The van der Waals surface area contributed by atoms with E-state index < -0.39 is 12.1 Å². The van der Waals surface area contributed by atoms with Crippen LogP contribution >= 0.6 is 0 Å².